The second-order valence-corrected chi connectivity index (χ2v) is 5.12. The first-order valence-electron chi connectivity index (χ1n) is 5.81. The smallest absolute Gasteiger partial charge is 0.254 e. The van der Waals surface area contributed by atoms with Crippen LogP contribution < -0.4 is 5.73 Å². The van der Waals surface area contributed by atoms with Gasteiger partial charge in [-0.3, -0.25) is 4.79 Å². The first-order valence-corrected chi connectivity index (χ1v) is 7.21. The lowest BCUT2D eigenvalue weighted by atomic mass is 10.1. The normalized spacial score (nSPS) is 12.2. The minimum Gasteiger partial charge on any atom is -0.399 e. The SMILES string of the molecule is CCC(CSC)N(C)C(=O)c1cc(N)cc(F)c1. The number of carbonyl (C=O) groups excluding carboxylic acids is 1. The van der Waals surface area contributed by atoms with Gasteiger partial charge in [0.2, 0.25) is 0 Å². The van der Waals surface area contributed by atoms with E-state index in [0.717, 1.165) is 12.2 Å². The Bertz CT molecular complexity index is 405. The minimum absolute atomic E-state index is 0.150. The van der Waals surface area contributed by atoms with Crippen LogP contribution in [0.25, 0.3) is 0 Å². The summed E-state index contributed by atoms with van der Waals surface area (Å²) in [5.41, 5.74) is 6.12. The van der Waals surface area contributed by atoms with Crippen molar-refractivity contribution in [3.8, 4) is 0 Å². The van der Waals surface area contributed by atoms with Crippen molar-refractivity contribution in [3.63, 3.8) is 0 Å². The molecule has 18 heavy (non-hydrogen) atoms. The van der Waals surface area contributed by atoms with Crippen molar-refractivity contribution in [2.45, 2.75) is 19.4 Å². The highest BCUT2D eigenvalue weighted by atomic mass is 32.2. The molecule has 0 heterocycles. The van der Waals surface area contributed by atoms with Gasteiger partial charge in [0.25, 0.3) is 5.91 Å². The second kappa shape index (κ2) is 6.64. The number of nitrogens with zero attached hydrogens (tertiary/aromatic N) is 1. The Morgan fingerprint density at radius 2 is 2.17 bits per heavy atom. The molecule has 100 valence electrons. The average molecular weight is 270 g/mol. The zero-order valence-electron chi connectivity index (χ0n) is 10.9. The number of hydrogen-bond donors (Lipinski definition) is 1. The van der Waals surface area contributed by atoms with Crippen molar-refractivity contribution in [2.75, 3.05) is 24.8 Å². The molecule has 1 aromatic carbocycles. The van der Waals surface area contributed by atoms with E-state index >= 15 is 0 Å². The highest BCUT2D eigenvalue weighted by molar-refractivity contribution is 7.98. The van der Waals surface area contributed by atoms with E-state index in [1.54, 1.807) is 23.7 Å². The first-order chi connectivity index (χ1) is 8.49. The molecule has 0 saturated heterocycles. The van der Waals surface area contributed by atoms with Gasteiger partial charge in [0.05, 0.1) is 0 Å². The quantitative estimate of drug-likeness (QED) is 0.837. The van der Waals surface area contributed by atoms with Crippen LogP contribution in [0.3, 0.4) is 0 Å². The van der Waals surface area contributed by atoms with Crippen LogP contribution in [0.5, 0.6) is 0 Å². The lowest BCUT2D eigenvalue weighted by Gasteiger charge is -2.27. The molecule has 0 fully saturated rings. The molecule has 0 saturated carbocycles. The number of halogens is 1. The summed E-state index contributed by atoms with van der Waals surface area (Å²) in [6.45, 7) is 2.03. The van der Waals surface area contributed by atoms with E-state index in [1.807, 2.05) is 13.2 Å². The van der Waals surface area contributed by atoms with Gasteiger partial charge >= 0.3 is 0 Å². The fourth-order valence-electron chi connectivity index (χ4n) is 1.80. The Kier molecular flexibility index (Phi) is 5.47. The number of carbonyl (C=O) groups is 1. The van der Waals surface area contributed by atoms with Crippen LogP contribution in [-0.4, -0.2) is 35.9 Å². The van der Waals surface area contributed by atoms with Crippen LogP contribution in [-0.2, 0) is 0 Å². The maximum Gasteiger partial charge on any atom is 0.254 e. The molecule has 0 aliphatic rings. The van der Waals surface area contributed by atoms with Crippen LogP contribution in [0.1, 0.15) is 23.7 Å². The zero-order valence-corrected chi connectivity index (χ0v) is 11.8. The number of hydrogen-bond acceptors (Lipinski definition) is 3. The van der Waals surface area contributed by atoms with Crippen LogP contribution in [0, 0.1) is 5.82 Å². The predicted octanol–water partition coefficient (Wildman–Crippen LogP) is 2.62. The molecule has 1 aromatic rings. The predicted molar refractivity (Wildman–Crippen MR) is 75.4 cm³/mol. The summed E-state index contributed by atoms with van der Waals surface area (Å²) >= 11 is 1.69. The summed E-state index contributed by atoms with van der Waals surface area (Å²) in [6, 6.07) is 4.09. The van der Waals surface area contributed by atoms with Gasteiger partial charge in [-0.2, -0.15) is 11.8 Å². The second-order valence-electron chi connectivity index (χ2n) is 4.21. The molecular weight excluding hydrogens is 251 g/mol. The van der Waals surface area contributed by atoms with Crippen LogP contribution in [0.2, 0.25) is 0 Å². The van der Waals surface area contributed by atoms with E-state index in [9.17, 15) is 9.18 Å². The van der Waals surface area contributed by atoms with Crippen LogP contribution in [0.4, 0.5) is 10.1 Å². The third-order valence-corrected chi connectivity index (χ3v) is 3.58. The number of rotatable bonds is 5. The standard InChI is InChI=1S/C13H19FN2OS/c1-4-12(8-18-3)16(2)13(17)9-5-10(14)7-11(15)6-9/h5-7,12H,4,8,15H2,1-3H3. The van der Waals surface area contributed by atoms with E-state index in [-0.39, 0.29) is 17.6 Å². The number of nitrogens with two attached hydrogens (primary N) is 1. The molecule has 1 atom stereocenters. The molecule has 0 aromatic heterocycles. The minimum atomic E-state index is -0.482. The van der Waals surface area contributed by atoms with E-state index in [2.05, 4.69) is 0 Å². The zero-order chi connectivity index (χ0) is 13.7. The maximum atomic E-state index is 13.2. The summed E-state index contributed by atoms with van der Waals surface area (Å²) in [4.78, 5) is 13.9. The van der Waals surface area contributed by atoms with Gasteiger partial charge in [-0.25, -0.2) is 4.39 Å². The van der Waals surface area contributed by atoms with Gasteiger partial charge in [-0.1, -0.05) is 6.92 Å². The molecule has 1 rings (SSSR count). The van der Waals surface area contributed by atoms with E-state index in [0.29, 0.717) is 5.56 Å². The third kappa shape index (κ3) is 3.63. The van der Waals surface area contributed by atoms with Crippen LogP contribution in [0.15, 0.2) is 18.2 Å². The highest BCUT2D eigenvalue weighted by Crippen LogP contribution is 2.16. The lowest BCUT2D eigenvalue weighted by molar-refractivity contribution is 0.0743. The average Bonchev–Trinajstić information content (AvgIpc) is 2.33. The summed E-state index contributed by atoms with van der Waals surface area (Å²) < 4.78 is 13.2. The molecule has 1 amide bonds. The van der Waals surface area contributed by atoms with Gasteiger partial charge in [0.1, 0.15) is 5.82 Å². The maximum absolute atomic E-state index is 13.2. The van der Waals surface area contributed by atoms with Gasteiger partial charge in [-0.05, 0) is 30.9 Å². The van der Waals surface area contributed by atoms with Gasteiger partial charge < -0.3 is 10.6 Å². The van der Waals surface area contributed by atoms with Crippen molar-refractivity contribution < 1.29 is 9.18 Å². The fourth-order valence-corrected chi connectivity index (χ4v) is 2.65. The van der Waals surface area contributed by atoms with Crippen molar-refractivity contribution in [2.24, 2.45) is 0 Å². The van der Waals surface area contributed by atoms with Crippen molar-refractivity contribution in [1.29, 1.82) is 0 Å². The number of anilines is 1. The Labute approximate surface area is 112 Å². The van der Waals surface area contributed by atoms with Crippen LogP contribution >= 0.6 is 11.8 Å². The number of amides is 1. The van der Waals surface area contributed by atoms with Gasteiger partial charge in [0, 0.05) is 30.1 Å². The number of thioether (sulfide) groups is 1. The third-order valence-electron chi connectivity index (χ3n) is 2.87. The fraction of sp³-hybridized carbons (Fsp3) is 0.462. The monoisotopic (exact) mass is 270 g/mol. The van der Waals surface area contributed by atoms with E-state index < -0.39 is 5.82 Å². The summed E-state index contributed by atoms with van der Waals surface area (Å²) in [5.74, 6) is 0.190. The first kappa shape index (κ1) is 14.8. The Morgan fingerprint density at radius 1 is 1.50 bits per heavy atom. The molecule has 5 heteroatoms. The van der Waals surface area contributed by atoms with Crippen molar-refractivity contribution >= 4 is 23.4 Å². The Morgan fingerprint density at radius 3 is 2.67 bits per heavy atom. The van der Waals surface area contributed by atoms with E-state index in [4.69, 9.17) is 5.73 Å². The van der Waals surface area contributed by atoms with Gasteiger partial charge in [-0.15, -0.1) is 0 Å². The Balaban J connectivity index is 2.91. The Hall–Kier alpha value is -1.23. The largest absolute Gasteiger partial charge is 0.399 e. The van der Waals surface area contributed by atoms with Gasteiger partial charge in [0.15, 0.2) is 0 Å². The molecule has 3 nitrogen and oxygen atoms in total. The highest BCUT2D eigenvalue weighted by Gasteiger charge is 2.20. The topological polar surface area (TPSA) is 46.3 Å². The molecule has 0 aliphatic heterocycles. The molecule has 0 spiro atoms. The molecule has 0 radical (unpaired) electrons. The van der Waals surface area contributed by atoms with Crippen molar-refractivity contribution in [3.05, 3.63) is 29.6 Å². The summed E-state index contributed by atoms with van der Waals surface area (Å²) in [7, 11) is 1.74. The van der Waals surface area contributed by atoms with E-state index in [1.165, 1.54) is 18.2 Å². The number of benzene rings is 1. The lowest BCUT2D eigenvalue weighted by Crippen LogP contribution is -2.38. The summed E-state index contributed by atoms with van der Waals surface area (Å²) in [6.07, 6.45) is 2.87. The molecule has 0 bridgehead atoms. The number of nitrogen functional groups attached to an aromatic ring is 1. The van der Waals surface area contributed by atoms with Crippen molar-refractivity contribution in [1.82, 2.24) is 4.90 Å². The molecule has 0 aliphatic carbocycles. The molecular formula is C13H19FN2OS. The molecule has 2 N–H and O–H groups in total. The molecule has 1 unspecified atom stereocenters. The summed E-state index contributed by atoms with van der Waals surface area (Å²) in [5, 5.41) is 0.